The van der Waals surface area contributed by atoms with E-state index in [0.29, 0.717) is 11.3 Å². The topological polar surface area (TPSA) is 34.4 Å². The number of aromatic nitrogens is 1. The number of hydrogen-bond acceptors (Lipinski definition) is 2. The summed E-state index contributed by atoms with van der Waals surface area (Å²) in [6.07, 6.45) is 0. The molecule has 0 atom stereocenters. The van der Waals surface area contributed by atoms with Crippen molar-refractivity contribution in [3.63, 3.8) is 0 Å². The van der Waals surface area contributed by atoms with Crippen LogP contribution in [0.3, 0.4) is 0 Å². The highest BCUT2D eigenvalue weighted by molar-refractivity contribution is 5.81. The number of aromatic hydroxyl groups is 1. The Morgan fingerprint density at radius 1 is 1.15 bits per heavy atom. The molecule has 0 bridgehead atoms. The van der Waals surface area contributed by atoms with Crippen molar-refractivity contribution in [1.29, 1.82) is 0 Å². The van der Waals surface area contributed by atoms with Gasteiger partial charge in [0.15, 0.2) is 11.5 Å². The fraction of sp³-hybridized carbons (Fsp3) is 0.125. The van der Waals surface area contributed by atoms with Crippen LogP contribution in [0.5, 0.6) is 11.5 Å². The van der Waals surface area contributed by atoms with Crippen LogP contribution in [0.4, 0.5) is 4.39 Å². The summed E-state index contributed by atoms with van der Waals surface area (Å²) in [4.78, 5) is 0. The maximum Gasteiger partial charge on any atom is 0.161 e. The second kappa shape index (κ2) is 4.89. The van der Waals surface area contributed by atoms with Crippen LogP contribution in [0.1, 0.15) is 5.69 Å². The Morgan fingerprint density at radius 3 is 2.70 bits per heavy atom. The van der Waals surface area contributed by atoms with E-state index in [2.05, 4.69) is 0 Å². The standard InChI is InChI=1S/C16H14FNO2/c1-18-12(9-11-5-4-6-13(17)16(11)18)10-20-15-8-3-2-7-14(15)19/h2-9,19H,10H2,1H3. The fourth-order valence-electron chi connectivity index (χ4n) is 2.29. The summed E-state index contributed by atoms with van der Waals surface area (Å²) in [6.45, 7) is 0.266. The van der Waals surface area contributed by atoms with Gasteiger partial charge in [-0.25, -0.2) is 4.39 Å². The summed E-state index contributed by atoms with van der Waals surface area (Å²) in [5.41, 5.74) is 1.40. The van der Waals surface area contributed by atoms with Gasteiger partial charge in [-0.2, -0.15) is 0 Å². The minimum Gasteiger partial charge on any atom is -0.504 e. The number of fused-ring (bicyclic) bond motifs is 1. The number of ether oxygens (including phenoxy) is 1. The highest BCUT2D eigenvalue weighted by Crippen LogP contribution is 2.27. The first-order valence-electron chi connectivity index (χ1n) is 6.30. The lowest BCUT2D eigenvalue weighted by atomic mass is 10.2. The van der Waals surface area contributed by atoms with E-state index in [9.17, 15) is 9.50 Å². The Morgan fingerprint density at radius 2 is 1.95 bits per heavy atom. The molecule has 102 valence electrons. The molecule has 20 heavy (non-hydrogen) atoms. The summed E-state index contributed by atoms with van der Waals surface area (Å²) in [5.74, 6) is 0.259. The lowest BCUT2D eigenvalue weighted by Crippen LogP contribution is -2.02. The number of para-hydroxylation sites is 3. The summed E-state index contributed by atoms with van der Waals surface area (Å²) < 4.78 is 21.1. The van der Waals surface area contributed by atoms with E-state index in [4.69, 9.17) is 4.74 Å². The number of hydrogen-bond donors (Lipinski definition) is 1. The van der Waals surface area contributed by atoms with Crippen LogP contribution in [-0.2, 0) is 13.7 Å². The van der Waals surface area contributed by atoms with Crippen molar-refractivity contribution < 1.29 is 14.2 Å². The second-order valence-corrected chi connectivity index (χ2v) is 4.63. The van der Waals surface area contributed by atoms with Crippen LogP contribution >= 0.6 is 0 Å². The van der Waals surface area contributed by atoms with Gasteiger partial charge in [0.05, 0.1) is 11.2 Å². The number of aryl methyl sites for hydroxylation is 1. The van der Waals surface area contributed by atoms with Gasteiger partial charge in [-0.3, -0.25) is 0 Å². The molecule has 0 amide bonds. The molecular formula is C16H14FNO2. The van der Waals surface area contributed by atoms with E-state index in [1.165, 1.54) is 6.07 Å². The molecule has 0 aliphatic rings. The van der Waals surface area contributed by atoms with Crippen LogP contribution < -0.4 is 4.74 Å². The molecule has 0 fully saturated rings. The van der Waals surface area contributed by atoms with Gasteiger partial charge in [0.1, 0.15) is 12.4 Å². The third-order valence-electron chi connectivity index (χ3n) is 3.35. The van der Waals surface area contributed by atoms with Crippen molar-refractivity contribution in [3.05, 3.63) is 60.0 Å². The van der Waals surface area contributed by atoms with Crippen LogP contribution in [0.15, 0.2) is 48.5 Å². The molecule has 0 aliphatic carbocycles. The third kappa shape index (κ3) is 2.09. The molecule has 0 saturated heterocycles. The molecule has 3 nitrogen and oxygen atoms in total. The van der Waals surface area contributed by atoms with Gasteiger partial charge in [-0.05, 0) is 24.3 Å². The maximum atomic E-state index is 13.8. The minimum absolute atomic E-state index is 0.0949. The summed E-state index contributed by atoms with van der Waals surface area (Å²) in [7, 11) is 1.80. The number of halogens is 1. The molecule has 0 unspecified atom stereocenters. The predicted octanol–water partition coefficient (Wildman–Crippen LogP) is 3.60. The molecule has 1 N–H and O–H groups in total. The van der Waals surface area contributed by atoms with E-state index in [0.717, 1.165) is 11.1 Å². The van der Waals surface area contributed by atoms with E-state index in [1.807, 2.05) is 12.1 Å². The zero-order chi connectivity index (χ0) is 14.1. The van der Waals surface area contributed by atoms with Crippen molar-refractivity contribution in [2.24, 2.45) is 7.05 Å². The highest BCUT2D eigenvalue weighted by Gasteiger charge is 2.10. The van der Waals surface area contributed by atoms with Crippen LogP contribution in [0.25, 0.3) is 10.9 Å². The number of phenolic OH excluding ortho intramolecular Hbond substituents is 1. The van der Waals surface area contributed by atoms with Crippen molar-refractivity contribution in [1.82, 2.24) is 4.57 Å². The first kappa shape index (κ1) is 12.5. The molecule has 0 spiro atoms. The Kier molecular flexibility index (Phi) is 3.06. The van der Waals surface area contributed by atoms with Gasteiger partial charge in [0, 0.05) is 12.4 Å². The summed E-state index contributed by atoms with van der Waals surface area (Å²) in [5, 5.41) is 10.5. The van der Waals surface area contributed by atoms with Gasteiger partial charge < -0.3 is 14.4 Å². The maximum absolute atomic E-state index is 13.8. The lowest BCUT2D eigenvalue weighted by Gasteiger charge is -2.09. The zero-order valence-electron chi connectivity index (χ0n) is 11.0. The van der Waals surface area contributed by atoms with Crippen LogP contribution in [-0.4, -0.2) is 9.67 Å². The van der Waals surface area contributed by atoms with Gasteiger partial charge in [-0.1, -0.05) is 24.3 Å². The SMILES string of the molecule is Cn1c(COc2ccccc2O)cc2cccc(F)c21. The largest absolute Gasteiger partial charge is 0.504 e. The molecule has 1 aromatic heterocycles. The van der Waals surface area contributed by atoms with E-state index in [1.54, 1.807) is 41.9 Å². The van der Waals surface area contributed by atoms with E-state index >= 15 is 0 Å². The number of rotatable bonds is 3. The van der Waals surface area contributed by atoms with Gasteiger partial charge in [0.2, 0.25) is 0 Å². The lowest BCUT2D eigenvalue weighted by molar-refractivity contribution is 0.282. The highest BCUT2D eigenvalue weighted by atomic mass is 19.1. The van der Waals surface area contributed by atoms with Gasteiger partial charge >= 0.3 is 0 Å². The molecule has 3 aromatic rings. The number of benzene rings is 2. The molecule has 0 aliphatic heterocycles. The van der Waals surface area contributed by atoms with Crippen molar-refractivity contribution in [2.45, 2.75) is 6.61 Å². The summed E-state index contributed by atoms with van der Waals surface area (Å²) >= 11 is 0. The predicted molar refractivity (Wildman–Crippen MR) is 75.3 cm³/mol. The zero-order valence-corrected chi connectivity index (χ0v) is 11.0. The quantitative estimate of drug-likeness (QED) is 0.789. The Bertz CT molecular complexity index is 764. The first-order valence-corrected chi connectivity index (χ1v) is 6.30. The second-order valence-electron chi connectivity index (χ2n) is 4.63. The molecule has 3 rings (SSSR count). The van der Waals surface area contributed by atoms with Crippen LogP contribution in [0, 0.1) is 5.82 Å². The Labute approximate surface area is 115 Å². The number of phenols is 1. The number of nitrogens with zero attached hydrogens (tertiary/aromatic N) is 1. The normalized spacial score (nSPS) is 10.9. The Balaban J connectivity index is 1.90. The monoisotopic (exact) mass is 271 g/mol. The van der Waals surface area contributed by atoms with Crippen molar-refractivity contribution in [2.75, 3.05) is 0 Å². The van der Waals surface area contributed by atoms with E-state index in [-0.39, 0.29) is 18.2 Å². The molecule has 4 heteroatoms. The molecule has 1 heterocycles. The molecule has 0 radical (unpaired) electrons. The third-order valence-corrected chi connectivity index (χ3v) is 3.35. The molecule has 2 aromatic carbocycles. The van der Waals surface area contributed by atoms with Crippen molar-refractivity contribution >= 4 is 10.9 Å². The summed E-state index contributed by atoms with van der Waals surface area (Å²) in [6, 6.07) is 13.7. The average molecular weight is 271 g/mol. The first-order chi connectivity index (χ1) is 9.66. The van der Waals surface area contributed by atoms with E-state index < -0.39 is 0 Å². The Hall–Kier alpha value is -2.49. The molecular weight excluding hydrogens is 257 g/mol. The average Bonchev–Trinajstić information content (AvgIpc) is 2.76. The van der Waals surface area contributed by atoms with Gasteiger partial charge in [0.25, 0.3) is 0 Å². The van der Waals surface area contributed by atoms with Gasteiger partial charge in [-0.15, -0.1) is 0 Å². The van der Waals surface area contributed by atoms with Crippen molar-refractivity contribution in [3.8, 4) is 11.5 Å². The minimum atomic E-state index is -0.251. The molecule has 0 saturated carbocycles. The van der Waals surface area contributed by atoms with Crippen LogP contribution in [0.2, 0.25) is 0 Å². The fourth-order valence-corrected chi connectivity index (χ4v) is 2.29. The smallest absolute Gasteiger partial charge is 0.161 e.